The summed E-state index contributed by atoms with van der Waals surface area (Å²) in [5, 5.41) is 3.83. The number of amides is 1. The maximum atomic E-state index is 12.7. The normalized spacial score (nSPS) is 12.8. The van der Waals surface area contributed by atoms with Gasteiger partial charge in [-0.1, -0.05) is 12.1 Å². The van der Waals surface area contributed by atoms with Crippen LogP contribution in [0.1, 0.15) is 34.7 Å². The lowest BCUT2D eigenvalue weighted by Crippen LogP contribution is -2.28. The lowest BCUT2D eigenvalue weighted by Gasteiger charge is -2.15. The van der Waals surface area contributed by atoms with Crippen LogP contribution in [0, 0.1) is 6.92 Å². The Kier molecular flexibility index (Phi) is 5.31. The molecule has 0 radical (unpaired) electrons. The quantitative estimate of drug-likeness (QED) is 0.705. The van der Waals surface area contributed by atoms with Crippen molar-refractivity contribution in [2.75, 3.05) is 6.61 Å². The zero-order chi connectivity index (χ0) is 20.5. The highest BCUT2D eigenvalue weighted by Gasteiger charge is 2.28. The fourth-order valence-corrected chi connectivity index (χ4v) is 2.90. The summed E-state index contributed by atoms with van der Waals surface area (Å²) in [6, 6.07) is 10.3. The number of nitrogens with one attached hydrogen (secondary N) is 1. The van der Waals surface area contributed by atoms with Crippen LogP contribution in [0.25, 0.3) is 10.9 Å². The number of aromatic nitrogens is 2. The number of hydrogen-bond acceptors (Lipinski definition) is 3. The van der Waals surface area contributed by atoms with Gasteiger partial charge in [-0.3, -0.25) is 9.78 Å². The van der Waals surface area contributed by atoms with Crippen LogP contribution in [0.3, 0.4) is 0 Å². The fraction of sp³-hybridized carbons (Fsp3) is 0.300. The highest BCUT2D eigenvalue weighted by atomic mass is 19.4. The molecule has 1 amide bonds. The van der Waals surface area contributed by atoms with Gasteiger partial charge in [0.1, 0.15) is 11.4 Å². The summed E-state index contributed by atoms with van der Waals surface area (Å²) in [5.41, 5.74) is 3.09. The van der Waals surface area contributed by atoms with E-state index in [1.165, 1.54) is 18.3 Å². The Morgan fingerprint density at radius 3 is 2.64 bits per heavy atom. The molecule has 0 spiro atoms. The van der Waals surface area contributed by atoms with Crippen LogP contribution in [-0.2, 0) is 7.05 Å². The Balaban J connectivity index is 1.70. The van der Waals surface area contributed by atoms with Crippen LogP contribution < -0.4 is 10.1 Å². The first-order valence-electron chi connectivity index (χ1n) is 8.66. The maximum Gasteiger partial charge on any atom is 0.422 e. The molecule has 1 unspecified atom stereocenters. The summed E-state index contributed by atoms with van der Waals surface area (Å²) >= 11 is 0. The highest BCUT2D eigenvalue weighted by Crippen LogP contribution is 2.22. The molecule has 0 fully saturated rings. The van der Waals surface area contributed by atoms with E-state index in [2.05, 4.69) is 15.0 Å². The van der Waals surface area contributed by atoms with Gasteiger partial charge in [0.05, 0.1) is 17.9 Å². The molecule has 148 valence electrons. The third-order valence-corrected chi connectivity index (χ3v) is 4.39. The van der Waals surface area contributed by atoms with Crippen molar-refractivity contribution in [3.63, 3.8) is 0 Å². The fourth-order valence-electron chi connectivity index (χ4n) is 2.90. The third-order valence-electron chi connectivity index (χ3n) is 4.39. The summed E-state index contributed by atoms with van der Waals surface area (Å²) in [6.45, 7) is 2.37. The van der Waals surface area contributed by atoms with Crippen LogP contribution in [0.4, 0.5) is 13.2 Å². The molecule has 0 bridgehead atoms. The molecule has 0 aliphatic rings. The highest BCUT2D eigenvalue weighted by molar-refractivity contribution is 5.99. The second-order valence-electron chi connectivity index (χ2n) is 6.67. The Morgan fingerprint density at radius 1 is 1.25 bits per heavy atom. The monoisotopic (exact) mass is 391 g/mol. The van der Waals surface area contributed by atoms with Gasteiger partial charge in [-0.25, -0.2) is 0 Å². The zero-order valence-corrected chi connectivity index (χ0v) is 15.7. The summed E-state index contributed by atoms with van der Waals surface area (Å²) < 4.78 is 43.0. The summed E-state index contributed by atoms with van der Waals surface area (Å²) in [7, 11) is 1.83. The molecule has 0 saturated carbocycles. The molecule has 3 rings (SSSR count). The molecule has 0 saturated heterocycles. The number of pyridine rings is 1. The summed E-state index contributed by atoms with van der Waals surface area (Å²) in [6.07, 6.45) is -3.19. The van der Waals surface area contributed by atoms with Crippen molar-refractivity contribution in [1.82, 2.24) is 14.9 Å². The van der Waals surface area contributed by atoms with E-state index in [0.717, 1.165) is 16.5 Å². The predicted molar refractivity (Wildman–Crippen MR) is 99.3 cm³/mol. The van der Waals surface area contributed by atoms with Crippen molar-refractivity contribution >= 4 is 16.8 Å². The van der Waals surface area contributed by atoms with Gasteiger partial charge in [0.25, 0.3) is 5.91 Å². The smallest absolute Gasteiger partial charge is 0.422 e. The Bertz CT molecular complexity index is 994. The van der Waals surface area contributed by atoms with Crippen LogP contribution in [0.15, 0.2) is 42.6 Å². The first-order valence-corrected chi connectivity index (χ1v) is 8.66. The van der Waals surface area contributed by atoms with Crippen LogP contribution in [0.2, 0.25) is 0 Å². The van der Waals surface area contributed by atoms with Gasteiger partial charge >= 0.3 is 6.18 Å². The Hall–Kier alpha value is -3.03. The average molecular weight is 391 g/mol. The van der Waals surface area contributed by atoms with Crippen molar-refractivity contribution < 1.29 is 22.7 Å². The number of fused-ring (bicyclic) bond motifs is 1. The number of halogens is 3. The van der Waals surface area contributed by atoms with Gasteiger partial charge in [-0.2, -0.15) is 13.2 Å². The van der Waals surface area contributed by atoms with E-state index in [0.29, 0.717) is 11.4 Å². The second-order valence-corrected chi connectivity index (χ2v) is 6.67. The Morgan fingerprint density at radius 2 is 2.00 bits per heavy atom. The molecule has 5 nitrogen and oxygen atoms in total. The van der Waals surface area contributed by atoms with Crippen molar-refractivity contribution in [3.05, 3.63) is 59.5 Å². The molecule has 8 heteroatoms. The molecule has 2 aromatic heterocycles. The summed E-state index contributed by atoms with van der Waals surface area (Å²) in [4.78, 5) is 16.8. The van der Waals surface area contributed by atoms with Crippen LogP contribution in [-0.4, -0.2) is 28.2 Å². The number of rotatable bonds is 5. The van der Waals surface area contributed by atoms with E-state index < -0.39 is 18.8 Å². The molecule has 1 N–H and O–H groups in total. The molecular formula is C20H20F3N3O2. The van der Waals surface area contributed by atoms with Gasteiger partial charge in [-0.15, -0.1) is 0 Å². The number of benzene rings is 1. The topological polar surface area (TPSA) is 56.1 Å². The van der Waals surface area contributed by atoms with Crippen molar-refractivity contribution in [2.45, 2.75) is 26.1 Å². The predicted octanol–water partition coefficient (Wildman–Crippen LogP) is 4.31. The minimum atomic E-state index is -4.41. The lowest BCUT2D eigenvalue weighted by atomic mass is 10.2. The van der Waals surface area contributed by atoms with Crippen LogP contribution in [0.5, 0.6) is 5.75 Å². The zero-order valence-electron chi connectivity index (χ0n) is 15.7. The SMILES string of the molecule is Cc1ccc2cc(C(=O)NC(C)c3ccc(OCC(F)(F)F)cn3)n(C)c2c1. The number of ether oxygens (including phenoxy) is 1. The molecule has 28 heavy (non-hydrogen) atoms. The molecule has 0 aliphatic heterocycles. The standard InChI is InChI=1S/C20H20F3N3O2/c1-12-4-5-14-9-18(26(3)17(14)8-12)19(27)25-13(2)16-7-6-15(10-24-16)28-11-20(21,22)23/h4-10,13H,11H2,1-3H3,(H,25,27). The van der Waals surface area contributed by atoms with E-state index in [1.54, 1.807) is 6.92 Å². The van der Waals surface area contributed by atoms with Gasteiger partial charge in [0, 0.05) is 18.0 Å². The molecule has 0 aliphatic carbocycles. The van der Waals surface area contributed by atoms with Gasteiger partial charge in [0.15, 0.2) is 6.61 Å². The second kappa shape index (κ2) is 7.53. The lowest BCUT2D eigenvalue weighted by molar-refractivity contribution is -0.153. The van der Waals surface area contributed by atoms with Crippen LogP contribution >= 0.6 is 0 Å². The number of carbonyl (C=O) groups excluding carboxylic acids is 1. The van der Waals surface area contributed by atoms with Gasteiger partial charge in [-0.05, 0) is 43.7 Å². The van der Waals surface area contributed by atoms with Crippen molar-refractivity contribution in [3.8, 4) is 5.75 Å². The van der Waals surface area contributed by atoms with Gasteiger partial charge in [0.2, 0.25) is 0 Å². The number of hydrogen-bond donors (Lipinski definition) is 1. The largest absolute Gasteiger partial charge is 0.483 e. The van der Waals surface area contributed by atoms with Gasteiger partial charge < -0.3 is 14.6 Å². The summed E-state index contributed by atoms with van der Waals surface area (Å²) in [5.74, 6) is -0.244. The first kappa shape index (κ1) is 19.7. The van der Waals surface area contributed by atoms with Crippen molar-refractivity contribution in [2.24, 2.45) is 7.05 Å². The molecule has 3 aromatic rings. The Labute approximate surface area is 160 Å². The first-order chi connectivity index (χ1) is 13.1. The average Bonchev–Trinajstić information content (AvgIpc) is 2.96. The third kappa shape index (κ3) is 4.44. The molecule has 1 atom stereocenters. The van der Waals surface area contributed by atoms with E-state index >= 15 is 0 Å². The maximum absolute atomic E-state index is 12.7. The molecule has 1 aromatic carbocycles. The molecular weight excluding hydrogens is 371 g/mol. The van der Waals surface area contributed by atoms with E-state index in [1.807, 2.05) is 42.8 Å². The van der Waals surface area contributed by atoms with Crippen molar-refractivity contribution in [1.29, 1.82) is 0 Å². The number of carbonyl (C=O) groups is 1. The molecule has 2 heterocycles. The van der Waals surface area contributed by atoms with E-state index in [4.69, 9.17) is 0 Å². The number of aryl methyl sites for hydroxylation is 2. The minimum absolute atomic E-state index is 0.0173. The number of alkyl halides is 3. The minimum Gasteiger partial charge on any atom is -0.483 e. The van der Waals surface area contributed by atoms with E-state index in [9.17, 15) is 18.0 Å². The number of nitrogens with zero attached hydrogens (tertiary/aromatic N) is 2. The van der Waals surface area contributed by atoms with E-state index in [-0.39, 0.29) is 11.7 Å².